The zero-order valence-electron chi connectivity index (χ0n) is 63.9. The van der Waals surface area contributed by atoms with Crippen LogP contribution in [-0.2, 0) is 62.1 Å². The highest BCUT2D eigenvalue weighted by Gasteiger charge is 2.54. The molecule has 0 spiro atoms. The summed E-state index contributed by atoms with van der Waals surface area (Å²) in [4.78, 5) is 119. The molecule has 35 heteroatoms. The van der Waals surface area contributed by atoms with Gasteiger partial charge in [0.1, 0.15) is 101 Å². The number of alkyl halides is 3. The number of ketones is 9. The molecule has 18 atom stereocenters. The van der Waals surface area contributed by atoms with Gasteiger partial charge in [0, 0.05) is 120 Å². The molecule has 15 unspecified atom stereocenters. The first-order chi connectivity index (χ1) is 54.9. The van der Waals surface area contributed by atoms with Gasteiger partial charge in [0.15, 0.2) is 53.6 Å². The summed E-state index contributed by atoms with van der Waals surface area (Å²) in [5, 5.41) is 121. The number of aliphatic hydroxyl groups is 6. The highest BCUT2D eigenvalue weighted by molar-refractivity contribution is 6.33. The van der Waals surface area contributed by atoms with Crippen LogP contribution < -0.4 is 25.7 Å². The van der Waals surface area contributed by atoms with Crippen LogP contribution in [0.1, 0.15) is 213 Å². The standard InChI is InChI=1S/C28H29FO10.C27H28FNO10.C27H28FNO9.ClH/c1-11-7-18(39-17(10-29)23(11)31)38-16-9-28(36,12(2)30)8-14-20(16)27(35)22-21(25(14)33)24(32)13-5-4-6-15(37-3)19(13)26(22)34;1-10(30)27(36)7-12-19(15(8-27)38-17-6-13(29)24(33)16(9-28)39-17)26(35)21-20(23(12)32)22(31)11-4-3-5-14(37-2)18(11)25(21)34;1-11(30)27(35)8-12-6-14-22(26(34)21-13(23(14)31)4-3-5-16(21)36-2)25(33)20(12)17(9-27)37-19-7-15(29)24(32)18(10-28)38-19;/h4-6,11,16-18,23,31,33,35-36H,7-10H2,1-3H3;3-5,13,15-17,24,32-33,35-36H,6-9,29H2,1-2H3;3-6,15,17-19,24,32-33,35H,7-10,29H2,1-2H3;1H/t11?,16?,17?,18?,23?,28-;13?,15?,16?,17?,24?,27-;15?,17?,18?,19?,24?,27-;/m000./s1. The van der Waals surface area contributed by atoms with Gasteiger partial charge in [-0.1, -0.05) is 43.3 Å². The van der Waals surface area contributed by atoms with Gasteiger partial charge < -0.3 is 110 Å². The van der Waals surface area contributed by atoms with Crippen LogP contribution >= 0.6 is 12.4 Å². The Bertz CT molecular complexity index is 4910. The maximum absolute atomic E-state index is 13.6. The Labute approximate surface area is 670 Å². The van der Waals surface area contributed by atoms with Crippen LogP contribution in [0, 0.1) is 5.92 Å². The fourth-order valence-corrected chi connectivity index (χ4v) is 17.1. The number of aromatic hydroxyl groups is 5. The van der Waals surface area contributed by atoms with Gasteiger partial charge in [0.25, 0.3) is 0 Å². The molecule has 31 nitrogen and oxygen atoms in total. The summed E-state index contributed by atoms with van der Waals surface area (Å²) in [6.07, 6.45) is -16.9. The molecule has 0 saturated carbocycles. The second-order valence-electron chi connectivity index (χ2n) is 30.6. The zero-order valence-corrected chi connectivity index (χ0v) is 64.7. The Balaban J connectivity index is 0.000000161. The van der Waals surface area contributed by atoms with E-state index in [-0.39, 0.29) is 146 Å². The molecule has 3 saturated heterocycles. The summed E-state index contributed by atoms with van der Waals surface area (Å²) in [5.41, 5.74) is 3.37. The number of methoxy groups -OCH3 is 3. The molecule has 3 aliphatic heterocycles. The van der Waals surface area contributed by atoms with Gasteiger partial charge in [0.2, 0.25) is 17.3 Å². The predicted molar refractivity (Wildman–Crippen MR) is 399 cm³/mol. The van der Waals surface area contributed by atoms with Crippen LogP contribution in [0.2, 0.25) is 0 Å². The molecule has 6 aromatic rings. The second-order valence-corrected chi connectivity index (χ2v) is 30.6. The fourth-order valence-electron chi connectivity index (χ4n) is 17.1. The molecule has 0 aromatic heterocycles. The molecule has 0 bridgehead atoms. The number of phenols is 5. The van der Waals surface area contributed by atoms with Gasteiger partial charge in [-0.15, -0.1) is 12.4 Å². The Morgan fingerprint density at radius 2 is 0.752 bits per heavy atom. The third-order valence-electron chi connectivity index (χ3n) is 23.5. The number of halogens is 4. The molecular weight excluding hydrogens is 1570 g/mol. The van der Waals surface area contributed by atoms with Crippen molar-refractivity contribution in [3.8, 4) is 46.0 Å². The van der Waals surface area contributed by atoms with E-state index in [0.717, 1.165) is 13.8 Å². The number of Topliss-reactive ketones (excluding diaryl/α,β-unsaturated/α-hetero) is 3. The van der Waals surface area contributed by atoms with Crippen molar-refractivity contribution in [2.24, 2.45) is 17.4 Å². The third-order valence-corrected chi connectivity index (χ3v) is 23.5. The van der Waals surface area contributed by atoms with Crippen LogP contribution in [-0.4, -0.2) is 234 Å². The Morgan fingerprint density at radius 1 is 0.436 bits per heavy atom. The van der Waals surface area contributed by atoms with E-state index >= 15 is 0 Å². The number of phenolic OH excluding ortho intramolecular Hbond substituents is 5. The summed E-state index contributed by atoms with van der Waals surface area (Å²) in [7, 11) is 4.00. The van der Waals surface area contributed by atoms with Crippen LogP contribution in [0.3, 0.4) is 0 Å². The molecule has 0 amide bonds. The predicted octanol–water partition coefficient (Wildman–Crippen LogP) is 4.96. The van der Waals surface area contributed by atoms with Crippen molar-refractivity contribution >= 4 is 64.5 Å². The van der Waals surface area contributed by atoms with E-state index in [1.165, 1.54) is 82.9 Å². The van der Waals surface area contributed by atoms with Crippen LogP contribution in [0.25, 0.3) is 0 Å². The van der Waals surface area contributed by atoms with Crippen LogP contribution in [0.5, 0.6) is 46.0 Å². The first kappa shape index (κ1) is 86.6. The van der Waals surface area contributed by atoms with Crippen LogP contribution in [0.4, 0.5) is 13.2 Å². The van der Waals surface area contributed by atoms with Crippen molar-refractivity contribution in [3.63, 3.8) is 0 Å². The summed E-state index contributed by atoms with van der Waals surface area (Å²) >= 11 is 0. The lowest BCUT2D eigenvalue weighted by Gasteiger charge is -2.42. The summed E-state index contributed by atoms with van der Waals surface area (Å²) in [6.45, 7) is 2.11. The normalized spacial score (nSPS) is 29.7. The maximum atomic E-state index is 13.6. The maximum Gasteiger partial charge on any atom is 0.202 e. The topological polar surface area (TPSA) is 511 Å². The second kappa shape index (κ2) is 32.9. The average Bonchev–Trinajstić information content (AvgIpc) is 0.722. The SMILES string of the molecule is COc1cccc2c1C(=O)c1c(O)c3c(c(O)c1C2=O)C[C@@](O)(C(C)=O)CC3OC1CC(C)C(O)C(CF)O1.COc1cccc2c1C(=O)c1c(O)c3c(c(O)c1C2=O)C[C@@](O)(C(C)=O)CC3OC1CC(N)C(O)C(CF)O1.COc1cccc2c1C(=O)c1c(cc3c(c1O)C(OC1CC(N)C(O)C(CF)O1)C[C@](O)(C(C)=O)C3)C2=O.Cl. The van der Waals surface area contributed by atoms with Gasteiger partial charge in [-0.25, -0.2) is 13.2 Å². The van der Waals surface area contributed by atoms with Crippen molar-refractivity contribution < 1.29 is 155 Å². The first-order valence-electron chi connectivity index (χ1n) is 37.1. The molecule has 6 aromatic carbocycles. The van der Waals surface area contributed by atoms with Gasteiger partial charge in [-0.2, -0.15) is 0 Å². The first-order valence-corrected chi connectivity index (χ1v) is 37.1. The Morgan fingerprint density at radius 3 is 1.11 bits per heavy atom. The Hall–Kier alpha value is -9.73. The minimum absolute atomic E-state index is 0. The molecule has 3 heterocycles. The fraction of sp³-hybridized carbons (Fsp3) is 0.451. The quantitative estimate of drug-likeness (QED) is 0.0603. The van der Waals surface area contributed by atoms with Crippen molar-refractivity contribution in [1.29, 1.82) is 0 Å². The van der Waals surface area contributed by atoms with E-state index in [4.69, 9.17) is 54.1 Å². The van der Waals surface area contributed by atoms with Crippen molar-refractivity contribution in [3.05, 3.63) is 161 Å². The number of ether oxygens (including phenoxy) is 9. The highest BCUT2D eigenvalue weighted by Crippen LogP contribution is 2.56. The number of rotatable bonds is 15. The van der Waals surface area contributed by atoms with E-state index in [2.05, 4.69) is 0 Å². The third kappa shape index (κ3) is 14.7. The zero-order chi connectivity index (χ0) is 84.3. The van der Waals surface area contributed by atoms with Gasteiger partial charge >= 0.3 is 0 Å². The lowest BCUT2D eigenvalue weighted by Crippen LogP contribution is -2.54. The van der Waals surface area contributed by atoms with Crippen molar-refractivity contribution in [2.75, 3.05) is 41.4 Å². The van der Waals surface area contributed by atoms with E-state index in [1.54, 1.807) is 13.0 Å². The Kier molecular flexibility index (Phi) is 24.3. The number of fused-ring (bicyclic) bond motifs is 9. The molecule has 15 N–H and O–H groups in total. The average molecular weight is 1660 g/mol. The summed E-state index contributed by atoms with van der Waals surface area (Å²) in [5.74, 6) is -9.33. The molecule has 9 aliphatic rings. The summed E-state index contributed by atoms with van der Waals surface area (Å²) in [6, 6.07) is 12.9. The molecule has 3 fully saturated rings. The van der Waals surface area contributed by atoms with Gasteiger partial charge in [-0.05, 0) is 56.5 Å². The lowest BCUT2D eigenvalue weighted by atomic mass is 9.72. The number of benzene rings is 6. The summed E-state index contributed by atoms with van der Waals surface area (Å²) < 4.78 is 90.8. The monoisotopic (exact) mass is 1650 g/mol. The van der Waals surface area contributed by atoms with E-state index < -0.39 is 251 Å². The van der Waals surface area contributed by atoms with Gasteiger partial charge in [0.05, 0.1) is 102 Å². The number of hydrogen-bond donors (Lipinski definition) is 13. The number of carbonyl (C=O) groups excluding carboxylic acids is 9. The smallest absolute Gasteiger partial charge is 0.202 e. The molecule has 6 aliphatic carbocycles. The van der Waals surface area contributed by atoms with E-state index in [1.807, 2.05) is 0 Å². The van der Waals surface area contributed by atoms with Crippen LogP contribution in [0.15, 0.2) is 60.7 Å². The number of hydrogen-bond acceptors (Lipinski definition) is 31. The molecule has 626 valence electrons. The van der Waals surface area contributed by atoms with Gasteiger partial charge in [-0.3, -0.25) is 43.2 Å². The number of carbonyl (C=O) groups is 9. The highest BCUT2D eigenvalue weighted by atomic mass is 35.5. The number of aliphatic hydroxyl groups excluding tert-OH is 3. The molecule has 15 rings (SSSR count). The van der Waals surface area contributed by atoms with E-state index in [0.29, 0.717) is 0 Å². The lowest BCUT2D eigenvalue weighted by molar-refractivity contribution is -0.261. The minimum Gasteiger partial charge on any atom is -0.507 e. The minimum atomic E-state index is -2.07. The number of nitrogens with two attached hydrogens (primary N) is 2. The molecule has 117 heavy (non-hydrogen) atoms. The molecule has 0 radical (unpaired) electrons. The molecular formula is C82H86ClF3N2O29. The van der Waals surface area contributed by atoms with E-state index in [9.17, 15) is 112 Å². The largest absolute Gasteiger partial charge is 0.507 e. The van der Waals surface area contributed by atoms with Crippen molar-refractivity contribution in [1.82, 2.24) is 0 Å². The van der Waals surface area contributed by atoms with Crippen molar-refractivity contribution in [2.45, 2.75) is 188 Å².